The Hall–Kier alpha value is -1.92. The number of benzene rings is 2. The molecule has 2 aromatic carbocycles. The fraction of sp³-hybridized carbons (Fsp3) is 0. The second-order valence-corrected chi connectivity index (χ2v) is 5.91. The minimum absolute atomic E-state index is 0.388. The molecule has 112 valence electrons. The number of ether oxygens (including phenoxy) is 2. The average molecular weight is 426 g/mol. The Balaban J connectivity index is 1.87. The summed E-state index contributed by atoms with van der Waals surface area (Å²) in [4.78, 5) is 23.1. The third-order valence-electron chi connectivity index (χ3n) is 2.42. The molecule has 4 nitrogen and oxygen atoms in total. The van der Waals surface area contributed by atoms with Crippen molar-refractivity contribution < 1.29 is 19.1 Å². The molecule has 0 radical (unpaired) electrons. The first-order valence-electron chi connectivity index (χ1n) is 6.16. The van der Waals surface area contributed by atoms with Gasteiger partial charge in [-0.2, -0.15) is 0 Å². The van der Waals surface area contributed by atoms with E-state index in [-0.39, 0.29) is 0 Å². The van der Waals surface area contributed by atoms with Crippen molar-refractivity contribution in [3.8, 4) is 11.5 Å². The van der Waals surface area contributed by atoms with Gasteiger partial charge in [-0.25, -0.2) is 9.59 Å². The Morgan fingerprint density at radius 2 is 1.00 bits per heavy atom. The molecular weight excluding hydrogens is 416 g/mol. The SMILES string of the molecule is O=C(/C=C/C(=O)Oc1ccc(Br)cc1)Oc1ccc(Br)cc1. The maximum Gasteiger partial charge on any atom is 0.336 e. The van der Waals surface area contributed by atoms with E-state index >= 15 is 0 Å². The fourth-order valence-corrected chi connectivity index (χ4v) is 1.97. The van der Waals surface area contributed by atoms with Crippen LogP contribution in [0, 0.1) is 0 Å². The van der Waals surface area contributed by atoms with Crippen LogP contribution in [0.2, 0.25) is 0 Å². The first kappa shape index (κ1) is 16.5. The number of esters is 2. The van der Waals surface area contributed by atoms with Crippen LogP contribution in [-0.4, -0.2) is 11.9 Å². The van der Waals surface area contributed by atoms with Crippen LogP contribution in [0.15, 0.2) is 69.6 Å². The lowest BCUT2D eigenvalue weighted by molar-refractivity contribution is -0.131. The van der Waals surface area contributed by atoms with Gasteiger partial charge in [-0.3, -0.25) is 0 Å². The quantitative estimate of drug-likeness (QED) is 0.416. The number of hydrogen-bond acceptors (Lipinski definition) is 4. The van der Waals surface area contributed by atoms with E-state index in [1.807, 2.05) is 0 Å². The van der Waals surface area contributed by atoms with E-state index in [0.29, 0.717) is 11.5 Å². The molecule has 0 aliphatic rings. The Labute approximate surface area is 144 Å². The molecule has 0 saturated heterocycles. The largest absolute Gasteiger partial charge is 0.423 e. The predicted octanol–water partition coefficient (Wildman–Crippen LogP) is 4.28. The van der Waals surface area contributed by atoms with Gasteiger partial charge in [-0.15, -0.1) is 0 Å². The number of halogens is 2. The molecule has 0 saturated carbocycles. The molecule has 0 amide bonds. The van der Waals surface area contributed by atoms with Gasteiger partial charge in [0.25, 0.3) is 0 Å². The smallest absolute Gasteiger partial charge is 0.336 e. The van der Waals surface area contributed by atoms with Crippen molar-refractivity contribution in [3.05, 3.63) is 69.6 Å². The Morgan fingerprint density at radius 3 is 1.32 bits per heavy atom. The molecule has 2 rings (SSSR count). The number of hydrogen-bond donors (Lipinski definition) is 0. The highest BCUT2D eigenvalue weighted by Gasteiger charge is 2.04. The lowest BCUT2D eigenvalue weighted by Gasteiger charge is -2.02. The van der Waals surface area contributed by atoms with Crippen LogP contribution in [0.1, 0.15) is 0 Å². The van der Waals surface area contributed by atoms with Gasteiger partial charge in [-0.05, 0) is 48.5 Å². The van der Waals surface area contributed by atoms with E-state index < -0.39 is 11.9 Å². The minimum Gasteiger partial charge on any atom is -0.423 e. The monoisotopic (exact) mass is 424 g/mol. The lowest BCUT2D eigenvalue weighted by atomic mass is 10.3. The number of carbonyl (C=O) groups excluding carboxylic acids is 2. The summed E-state index contributed by atoms with van der Waals surface area (Å²) < 4.78 is 11.8. The standard InChI is InChI=1S/C16H10Br2O4/c17-11-1-5-13(6-2-11)21-15(19)9-10-16(20)22-14-7-3-12(18)4-8-14/h1-10H/b10-9+. The van der Waals surface area contributed by atoms with Gasteiger partial charge in [-0.1, -0.05) is 31.9 Å². The van der Waals surface area contributed by atoms with Gasteiger partial charge < -0.3 is 9.47 Å². The summed E-state index contributed by atoms with van der Waals surface area (Å²) in [6.45, 7) is 0. The van der Waals surface area contributed by atoms with Gasteiger partial charge in [0, 0.05) is 21.1 Å². The zero-order chi connectivity index (χ0) is 15.9. The van der Waals surface area contributed by atoms with Crippen LogP contribution in [0.4, 0.5) is 0 Å². The molecule has 0 aliphatic heterocycles. The molecule has 0 heterocycles. The van der Waals surface area contributed by atoms with E-state index in [0.717, 1.165) is 21.1 Å². The Morgan fingerprint density at radius 1 is 0.682 bits per heavy atom. The minimum atomic E-state index is -0.657. The summed E-state index contributed by atoms with van der Waals surface area (Å²) in [5.74, 6) is -0.539. The lowest BCUT2D eigenvalue weighted by Crippen LogP contribution is -2.08. The summed E-state index contributed by atoms with van der Waals surface area (Å²) in [6, 6.07) is 13.5. The van der Waals surface area contributed by atoms with Gasteiger partial charge in [0.15, 0.2) is 0 Å². The molecule has 6 heteroatoms. The van der Waals surface area contributed by atoms with E-state index in [2.05, 4.69) is 31.9 Å². The zero-order valence-corrected chi connectivity index (χ0v) is 14.3. The third-order valence-corrected chi connectivity index (χ3v) is 3.48. The molecule has 0 fully saturated rings. The highest BCUT2D eigenvalue weighted by atomic mass is 79.9. The van der Waals surface area contributed by atoms with Crippen LogP contribution < -0.4 is 9.47 Å². The van der Waals surface area contributed by atoms with Gasteiger partial charge in [0.1, 0.15) is 11.5 Å². The van der Waals surface area contributed by atoms with E-state index in [1.54, 1.807) is 48.5 Å². The average Bonchev–Trinajstić information content (AvgIpc) is 2.50. The van der Waals surface area contributed by atoms with Crippen LogP contribution in [-0.2, 0) is 9.59 Å². The highest BCUT2D eigenvalue weighted by Crippen LogP contribution is 2.17. The van der Waals surface area contributed by atoms with Crippen molar-refractivity contribution in [1.29, 1.82) is 0 Å². The van der Waals surface area contributed by atoms with Crippen molar-refractivity contribution >= 4 is 43.8 Å². The third kappa shape index (κ3) is 5.46. The van der Waals surface area contributed by atoms with Crippen molar-refractivity contribution in [2.75, 3.05) is 0 Å². The normalized spacial score (nSPS) is 10.5. The van der Waals surface area contributed by atoms with E-state index in [9.17, 15) is 9.59 Å². The topological polar surface area (TPSA) is 52.6 Å². The summed E-state index contributed by atoms with van der Waals surface area (Å²) >= 11 is 6.56. The summed E-state index contributed by atoms with van der Waals surface area (Å²) in [7, 11) is 0. The van der Waals surface area contributed by atoms with Crippen LogP contribution in [0.5, 0.6) is 11.5 Å². The highest BCUT2D eigenvalue weighted by molar-refractivity contribution is 9.10. The van der Waals surface area contributed by atoms with Gasteiger partial charge >= 0.3 is 11.9 Å². The molecule has 0 aliphatic carbocycles. The zero-order valence-electron chi connectivity index (χ0n) is 11.2. The molecule has 0 unspecified atom stereocenters. The maximum atomic E-state index is 11.6. The van der Waals surface area contributed by atoms with Crippen molar-refractivity contribution in [2.24, 2.45) is 0 Å². The summed E-state index contributed by atoms with van der Waals surface area (Å²) in [5, 5.41) is 0. The fourth-order valence-electron chi connectivity index (χ4n) is 1.44. The first-order chi connectivity index (χ1) is 10.5. The van der Waals surface area contributed by atoms with Gasteiger partial charge in [0.05, 0.1) is 0 Å². The van der Waals surface area contributed by atoms with Crippen LogP contribution in [0.3, 0.4) is 0 Å². The van der Waals surface area contributed by atoms with Crippen molar-refractivity contribution in [3.63, 3.8) is 0 Å². The second kappa shape index (κ2) is 7.91. The summed E-state index contributed by atoms with van der Waals surface area (Å²) in [6.07, 6.45) is 2.03. The van der Waals surface area contributed by atoms with Crippen LogP contribution in [0.25, 0.3) is 0 Å². The van der Waals surface area contributed by atoms with Gasteiger partial charge in [0.2, 0.25) is 0 Å². The van der Waals surface area contributed by atoms with Crippen molar-refractivity contribution in [1.82, 2.24) is 0 Å². The number of carbonyl (C=O) groups is 2. The number of rotatable bonds is 4. The van der Waals surface area contributed by atoms with Crippen LogP contribution >= 0.6 is 31.9 Å². The second-order valence-electron chi connectivity index (χ2n) is 4.08. The molecular formula is C16H10Br2O4. The molecule has 0 N–H and O–H groups in total. The Bertz CT molecular complexity index is 630. The molecule has 0 bridgehead atoms. The van der Waals surface area contributed by atoms with E-state index in [4.69, 9.17) is 9.47 Å². The molecule has 0 spiro atoms. The molecule has 0 atom stereocenters. The first-order valence-corrected chi connectivity index (χ1v) is 7.74. The molecule has 22 heavy (non-hydrogen) atoms. The molecule has 0 aromatic heterocycles. The van der Waals surface area contributed by atoms with Crippen molar-refractivity contribution in [2.45, 2.75) is 0 Å². The predicted molar refractivity (Wildman–Crippen MR) is 88.7 cm³/mol. The van der Waals surface area contributed by atoms with E-state index in [1.165, 1.54) is 0 Å². The maximum absolute atomic E-state index is 11.6. The molecule has 2 aromatic rings. The summed E-state index contributed by atoms with van der Waals surface area (Å²) in [5.41, 5.74) is 0. The Kier molecular flexibility index (Phi) is 5.91.